The third-order valence-corrected chi connectivity index (χ3v) is 4.88. The molecule has 146 valence electrons. The third-order valence-electron chi connectivity index (χ3n) is 4.88. The van der Waals surface area contributed by atoms with E-state index in [0.29, 0.717) is 19.0 Å². The summed E-state index contributed by atoms with van der Waals surface area (Å²) in [5.74, 6) is 1.62. The van der Waals surface area contributed by atoms with E-state index in [1.807, 2.05) is 24.3 Å². The monoisotopic (exact) mass is 380 g/mol. The van der Waals surface area contributed by atoms with Gasteiger partial charge in [-0.25, -0.2) is 14.8 Å². The van der Waals surface area contributed by atoms with Gasteiger partial charge >= 0.3 is 6.03 Å². The van der Waals surface area contributed by atoms with Gasteiger partial charge in [0.1, 0.15) is 11.5 Å². The largest absolute Gasteiger partial charge is 0.378 e. The van der Waals surface area contributed by atoms with Gasteiger partial charge in [0.25, 0.3) is 0 Å². The fraction of sp³-hybridized carbons (Fsp3) is 0.350. The van der Waals surface area contributed by atoms with Crippen LogP contribution in [-0.4, -0.2) is 53.9 Å². The van der Waals surface area contributed by atoms with E-state index in [9.17, 15) is 4.79 Å². The first-order chi connectivity index (χ1) is 13.7. The van der Waals surface area contributed by atoms with Gasteiger partial charge < -0.3 is 24.8 Å². The minimum absolute atomic E-state index is 0.249. The van der Waals surface area contributed by atoms with Gasteiger partial charge in [0.15, 0.2) is 5.82 Å². The molecule has 1 aliphatic heterocycles. The highest BCUT2D eigenvalue weighted by Crippen LogP contribution is 2.29. The molecule has 1 aromatic carbocycles. The van der Waals surface area contributed by atoms with Crippen molar-refractivity contribution in [3.05, 3.63) is 36.5 Å². The molecule has 0 bridgehead atoms. The molecule has 0 saturated carbocycles. The molecule has 4 rings (SSSR count). The van der Waals surface area contributed by atoms with E-state index in [-0.39, 0.29) is 6.03 Å². The van der Waals surface area contributed by atoms with Gasteiger partial charge in [-0.15, -0.1) is 0 Å². The highest BCUT2D eigenvalue weighted by Gasteiger charge is 2.19. The van der Waals surface area contributed by atoms with Crippen molar-refractivity contribution in [3.63, 3.8) is 0 Å². The molecular weight excluding hydrogens is 356 g/mol. The number of carbonyl (C=O) groups is 1. The van der Waals surface area contributed by atoms with Crippen molar-refractivity contribution in [1.29, 1.82) is 0 Å². The topological polar surface area (TPSA) is 84.3 Å². The van der Waals surface area contributed by atoms with E-state index >= 15 is 0 Å². The molecule has 8 nitrogen and oxygen atoms in total. The first-order valence-corrected chi connectivity index (χ1v) is 9.48. The molecule has 2 amide bonds. The van der Waals surface area contributed by atoms with Crippen LogP contribution in [0.25, 0.3) is 22.4 Å². The normalized spacial score (nSPS) is 14.3. The fourth-order valence-corrected chi connectivity index (χ4v) is 3.35. The molecule has 0 atom stereocenters. The minimum Gasteiger partial charge on any atom is -0.378 e. The zero-order valence-electron chi connectivity index (χ0n) is 16.1. The number of rotatable bonds is 4. The molecular formula is C20H24N6O2. The summed E-state index contributed by atoms with van der Waals surface area (Å²) >= 11 is 0. The number of nitrogens with one attached hydrogen (secondary N) is 2. The Morgan fingerprint density at radius 2 is 1.89 bits per heavy atom. The highest BCUT2D eigenvalue weighted by atomic mass is 16.5. The smallest absolute Gasteiger partial charge is 0.318 e. The SMILES string of the molecule is CCn1ccc2c(N3CCOCC3)nc(-c3ccc(NC(=O)NC)cc3)nc21. The zero-order chi connectivity index (χ0) is 19.5. The molecule has 1 aliphatic rings. The number of aromatic nitrogens is 3. The van der Waals surface area contributed by atoms with E-state index in [1.54, 1.807) is 7.05 Å². The molecule has 0 aliphatic carbocycles. The van der Waals surface area contributed by atoms with Crippen LogP contribution in [0.4, 0.5) is 16.3 Å². The summed E-state index contributed by atoms with van der Waals surface area (Å²) in [6.07, 6.45) is 2.06. The lowest BCUT2D eigenvalue weighted by molar-refractivity contribution is 0.122. The fourth-order valence-electron chi connectivity index (χ4n) is 3.35. The van der Waals surface area contributed by atoms with Crippen molar-refractivity contribution in [3.8, 4) is 11.4 Å². The molecule has 1 saturated heterocycles. The van der Waals surface area contributed by atoms with Crippen molar-refractivity contribution < 1.29 is 9.53 Å². The summed E-state index contributed by atoms with van der Waals surface area (Å²) in [4.78, 5) is 23.5. The highest BCUT2D eigenvalue weighted by molar-refractivity contribution is 5.91. The number of anilines is 2. The molecule has 3 aromatic rings. The maximum absolute atomic E-state index is 11.5. The van der Waals surface area contributed by atoms with Crippen molar-refractivity contribution >= 4 is 28.6 Å². The summed E-state index contributed by atoms with van der Waals surface area (Å²) in [5, 5.41) is 6.36. The second-order valence-corrected chi connectivity index (χ2v) is 6.59. The lowest BCUT2D eigenvalue weighted by Gasteiger charge is -2.28. The van der Waals surface area contributed by atoms with Gasteiger partial charge in [0.2, 0.25) is 0 Å². The van der Waals surface area contributed by atoms with Crippen molar-refractivity contribution in [2.75, 3.05) is 43.6 Å². The first-order valence-electron chi connectivity index (χ1n) is 9.48. The molecule has 3 heterocycles. The number of urea groups is 1. The molecule has 1 fully saturated rings. The quantitative estimate of drug-likeness (QED) is 0.727. The summed E-state index contributed by atoms with van der Waals surface area (Å²) in [5.41, 5.74) is 2.55. The Kier molecular flexibility index (Phi) is 5.12. The Hall–Kier alpha value is -3.13. The average molecular weight is 380 g/mol. The van der Waals surface area contributed by atoms with Crippen LogP contribution < -0.4 is 15.5 Å². The van der Waals surface area contributed by atoms with E-state index in [1.165, 1.54) is 0 Å². The minimum atomic E-state index is -0.249. The number of hydrogen-bond acceptors (Lipinski definition) is 5. The Labute approximate surface area is 163 Å². The number of aryl methyl sites for hydroxylation is 1. The Balaban J connectivity index is 1.75. The predicted octanol–water partition coefficient (Wildman–Crippen LogP) is 2.71. The van der Waals surface area contributed by atoms with Gasteiger partial charge in [-0.2, -0.15) is 0 Å². The molecule has 0 spiro atoms. The molecule has 2 aromatic heterocycles. The standard InChI is InChI=1S/C20H24N6O2/c1-3-25-9-8-16-18(25)23-17(24-19(16)26-10-12-28-13-11-26)14-4-6-15(7-5-14)22-20(27)21-2/h4-9H,3,10-13H2,1-2H3,(H2,21,22,27). The van der Waals surface area contributed by atoms with Crippen LogP contribution in [0.3, 0.4) is 0 Å². The maximum atomic E-state index is 11.5. The van der Waals surface area contributed by atoms with Crippen molar-refractivity contribution in [2.45, 2.75) is 13.5 Å². The maximum Gasteiger partial charge on any atom is 0.318 e. The van der Waals surface area contributed by atoms with Gasteiger partial charge in [0.05, 0.1) is 18.6 Å². The number of fused-ring (bicyclic) bond motifs is 1. The summed E-state index contributed by atoms with van der Waals surface area (Å²) in [6.45, 7) is 5.99. The summed E-state index contributed by atoms with van der Waals surface area (Å²) in [7, 11) is 1.59. The number of morpholine rings is 1. The second-order valence-electron chi connectivity index (χ2n) is 6.59. The van der Waals surface area contributed by atoms with Crippen LogP contribution in [0.15, 0.2) is 36.5 Å². The Morgan fingerprint density at radius 3 is 2.57 bits per heavy atom. The molecule has 0 unspecified atom stereocenters. The zero-order valence-corrected chi connectivity index (χ0v) is 16.1. The number of nitrogens with zero attached hydrogens (tertiary/aromatic N) is 4. The molecule has 0 radical (unpaired) electrons. The number of carbonyl (C=O) groups excluding carboxylic acids is 1. The lowest BCUT2D eigenvalue weighted by Crippen LogP contribution is -2.37. The third kappa shape index (κ3) is 3.50. The van der Waals surface area contributed by atoms with E-state index in [0.717, 1.165) is 47.7 Å². The number of amides is 2. The van der Waals surface area contributed by atoms with E-state index < -0.39 is 0 Å². The Morgan fingerprint density at radius 1 is 1.14 bits per heavy atom. The molecule has 2 N–H and O–H groups in total. The van der Waals surface area contributed by atoms with Crippen LogP contribution in [0, 0.1) is 0 Å². The van der Waals surface area contributed by atoms with Crippen LogP contribution in [0.2, 0.25) is 0 Å². The Bertz CT molecular complexity index is 976. The number of hydrogen-bond donors (Lipinski definition) is 2. The summed E-state index contributed by atoms with van der Waals surface area (Å²) in [6, 6.07) is 9.39. The average Bonchev–Trinajstić information content (AvgIpc) is 3.17. The van der Waals surface area contributed by atoms with Gasteiger partial charge in [-0.05, 0) is 37.3 Å². The lowest BCUT2D eigenvalue weighted by atomic mass is 10.2. The predicted molar refractivity (Wildman–Crippen MR) is 110 cm³/mol. The van der Waals surface area contributed by atoms with Gasteiger partial charge in [0, 0.05) is 44.1 Å². The first kappa shape index (κ1) is 18.2. The van der Waals surface area contributed by atoms with Crippen LogP contribution in [0.5, 0.6) is 0 Å². The second kappa shape index (κ2) is 7.85. The van der Waals surface area contributed by atoms with Gasteiger partial charge in [-0.1, -0.05) is 0 Å². The van der Waals surface area contributed by atoms with Crippen LogP contribution in [0.1, 0.15) is 6.92 Å². The van der Waals surface area contributed by atoms with Crippen LogP contribution >= 0.6 is 0 Å². The molecule has 8 heteroatoms. The van der Waals surface area contributed by atoms with E-state index in [2.05, 4.69) is 39.3 Å². The number of ether oxygens (including phenoxy) is 1. The van der Waals surface area contributed by atoms with Crippen molar-refractivity contribution in [2.24, 2.45) is 0 Å². The van der Waals surface area contributed by atoms with Crippen LogP contribution in [-0.2, 0) is 11.3 Å². The van der Waals surface area contributed by atoms with Gasteiger partial charge in [-0.3, -0.25) is 0 Å². The van der Waals surface area contributed by atoms with E-state index in [4.69, 9.17) is 14.7 Å². The number of benzene rings is 1. The van der Waals surface area contributed by atoms with Crippen molar-refractivity contribution in [1.82, 2.24) is 19.9 Å². The molecule has 28 heavy (non-hydrogen) atoms. The summed E-state index contributed by atoms with van der Waals surface area (Å²) < 4.78 is 7.63.